The molecule has 0 atom stereocenters. The molecule has 0 spiro atoms. The van der Waals surface area contributed by atoms with Gasteiger partial charge in [-0.15, -0.1) is 11.6 Å². The molecule has 6 heteroatoms. The van der Waals surface area contributed by atoms with Crippen molar-refractivity contribution in [1.82, 2.24) is 5.32 Å². The van der Waals surface area contributed by atoms with Crippen LogP contribution in [0, 0.1) is 0 Å². The molecule has 0 radical (unpaired) electrons. The summed E-state index contributed by atoms with van der Waals surface area (Å²) in [5.74, 6) is 0.135. The monoisotopic (exact) mass is 431 g/mol. The SMILES string of the molecule is CCCCCCCCCCCCCOC(=O)C1(NC(=O)OCCCCl)CCCC1. The number of halogens is 1. The fourth-order valence-corrected chi connectivity index (χ4v) is 3.99. The zero-order chi connectivity index (χ0) is 21.2. The minimum Gasteiger partial charge on any atom is -0.464 e. The lowest BCUT2D eigenvalue weighted by Gasteiger charge is -2.27. The summed E-state index contributed by atoms with van der Waals surface area (Å²) in [5.41, 5.74) is -0.907. The second-order valence-corrected chi connectivity index (χ2v) is 8.64. The molecule has 0 unspecified atom stereocenters. The van der Waals surface area contributed by atoms with E-state index in [0.717, 1.165) is 25.7 Å². The average molecular weight is 432 g/mol. The molecule has 1 fully saturated rings. The number of hydrogen-bond donors (Lipinski definition) is 1. The van der Waals surface area contributed by atoms with Crippen LogP contribution in [0.25, 0.3) is 0 Å². The zero-order valence-electron chi connectivity index (χ0n) is 18.4. The van der Waals surface area contributed by atoms with E-state index >= 15 is 0 Å². The highest BCUT2D eigenvalue weighted by Crippen LogP contribution is 2.31. The van der Waals surface area contributed by atoms with Gasteiger partial charge in [0.25, 0.3) is 0 Å². The molecule has 1 aliphatic carbocycles. The summed E-state index contributed by atoms with van der Waals surface area (Å²) in [5, 5.41) is 2.77. The number of unbranched alkanes of at least 4 members (excludes halogenated alkanes) is 10. The lowest BCUT2D eigenvalue weighted by molar-refractivity contribution is -0.151. The Morgan fingerprint density at radius 1 is 0.793 bits per heavy atom. The van der Waals surface area contributed by atoms with Crippen LogP contribution < -0.4 is 5.32 Å². The van der Waals surface area contributed by atoms with Gasteiger partial charge in [-0.2, -0.15) is 0 Å². The molecule has 1 aliphatic rings. The second kappa shape index (κ2) is 16.8. The highest BCUT2D eigenvalue weighted by Gasteiger charge is 2.44. The quantitative estimate of drug-likeness (QED) is 0.162. The van der Waals surface area contributed by atoms with Gasteiger partial charge in [0.1, 0.15) is 5.54 Å². The third kappa shape index (κ3) is 11.7. The molecule has 0 aromatic carbocycles. The molecule has 0 heterocycles. The summed E-state index contributed by atoms with van der Waals surface area (Å²) in [6.45, 7) is 2.94. The van der Waals surface area contributed by atoms with Gasteiger partial charge in [0, 0.05) is 5.88 Å². The first kappa shape index (κ1) is 26.1. The maximum Gasteiger partial charge on any atom is 0.408 e. The second-order valence-electron chi connectivity index (χ2n) is 8.26. The number of alkyl halides is 1. The van der Waals surface area contributed by atoms with E-state index in [9.17, 15) is 9.59 Å². The van der Waals surface area contributed by atoms with Crippen molar-refractivity contribution in [1.29, 1.82) is 0 Å². The van der Waals surface area contributed by atoms with E-state index in [1.54, 1.807) is 0 Å². The smallest absolute Gasteiger partial charge is 0.408 e. The Balaban J connectivity index is 2.11. The van der Waals surface area contributed by atoms with Crippen LogP contribution >= 0.6 is 11.6 Å². The highest BCUT2D eigenvalue weighted by molar-refractivity contribution is 6.17. The molecule has 0 aliphatic heterocycles. The summed E-state index contributed by atoms with van der Waals surface area (Å²) < 4.78 is 10.6. The van der Waals surface area contributed by atoms with Crippen molar-refractivity contribution in [3.63, 3.8) is 0 Å². The van der Waals surface area contributed by atoms with E-state index in [2.05, 4.69) is 12.2 Å². The number of ether oxygens (including phenoxy) is 2. The number of carbonyl (C=O) groups excluding carboxylic acids is 2. The van der Waals surface area contributed by atoms with Gasteiger partial charge in [-0.3, -0.25) is 0 Å². The third-order valence-corrected chi connectivity index (χ3v) is 5.95. The Bertz CT molecular complexity index is 439. The van der Waals surface area contributed by atoms with E-state index in [1.807, 2.05) is 0 Å². The Labute approximate surface area is 182 Å². The van der Waals surface area contributed by atoms with Gasteiger partial charge in [0.15, 0.2) is 0 Å². The van der Waals surface area contributed by atoms with Crippen LogP contribution in [-0.2, 0) is 14.3 Å². The first-order valence-electron chi connectivity index (χ1n) is 11.8. The Kier molecular flexibility index (Phi) is 15.1. The van der Waals surface area contributed by atoms with Crippen LogP contribution in [0.5, 0.6) is 0 Å². The van der Waals surface area contributed by atoms with Crippen molar-refractivity contribution in [3.05, 3.63) is 0 Å². The molecule has 5 nitrogen and oxygen atoms in total. The van der Waals surface area contributed by atoms with Crippen molar-refractivity contribution < 1.29 is 19.1 Å². The molecule has 29 heavy (non-hydrogen) atoms. The largest absolute Gasteiger partial charge is 0.464 e. The number of rotatable bonds is 17. The topological polar surface area (TPSA) is 64.6 Å². The molecule has 1 rings (SSSR count). The standard InChI is InChI=1S/C23H42ClNO4/c1-2-3-4-5-6-7-8-9-10-11-14-19-28-21(26)23(16-12-13-17-23)25-22(27)29-20-15-18-24/h2-20H2,1H3,(H,25,27). The summed E-state index contributed by atoms with van der Waals surface area (Å²) in [6, 6.07) is 0. The van der Waals surface area contributed by atoms with E-state index in [1.165, 1.54) is 57.8 Å². The minimum absolute atomic E-state index is 0.263. The zero-order valence-corrected chi connectivity index (χ0v) is 19.2. The van der Waals surface area contributed by atoms with Gasteiger partial charge < -0.3 is 14.8 Å². The fourth-order valence-electron chi connectivity index (χ4n) is 3.88. The Morgan fingerprint density at radius 2 is 1.31 bits per heavy atom. The molecule has 1 N–H and O–H groups in total. The normalized spacial score (nSPS) is 15.2. The van der Waals surface area contributed by atoms with Crippen molar-refractivity contribution >= 4 is 23.7 Å². The highest BCUT2D eigenvalue weighted by atomic mass is 35.5. The van der Waals surface area contributed by atoms with E-state index in [4.69, 9.17) is 21.1 Å². The van der Waals surface area contributed by atoms with Crippen LogP contribution in [-0.4, -0.2) is 36.7 Å². The predicted octanol–water partition coefficient (Wildman–Crippen LogP) is 6.51. The van der Waals surface area contributed by atoms with Gasteiger partial charge in [-0.25, -0.2) is 9.59 Å². The number of esters is 1. The van der Waals surface area contributed by atoms with Crippen molar-refractivity contribution in [3.8, 4) is 0 Å². The predicted molar refractivity (Wildman–Crippen MR) is 118 cm³/mol. The van der Waals surface area contributed by atoms with Crippen LogP contribution in [0.4, 0.5) is 4.79 Å². The van der Waals surface area contributed by atoms with E-state index in [-0.39, 0.29) is 12.6 Å². The van der Waals surface area contributed by atoms with Crippen molar-refractivity contribution in [2.45, 2.75) is 115 Å². The van der Waals surface area contributed by atoms with Gasteiger partial charge in [-0.1, -0.05) is 84.0 Å². The molecule has 170 valence electrons. The summed E-state index contributed by atoms with van der Waals surface area (Å²) in [4.78, 5) is 24.6. The molecular weight excluding hydrogens is 390 g/mol. The Morgan fingerprint density at radius 3 is 1.86 bits per heavy atom. The molecular formula is C23H42ClNO4. The first-order chi connectivity index (χ1) is 14.1. The number of carbonyl (C=O) groups is 2. The molecule has 0 bridgehead atoms. The number of amides is 1. The van der Waals surface area contributed by atoms with Gasteiger partial charge in [0.05, 0.1) is 13.2 Å². The summed E-state index contributed by atoms with van der Waals surface area (Å²) in [6.07, 6.45) is 17.0. The number of hydrogen-bond acceptors (Lipinski definition) is 4. The maximum absolute atomic E-state index is 12.6. The molecule has 0 aromatic rings. The van der Waals surface area contributed by atoms with Crippen LogP contribution in [0.1, 0.15) is 110 Å². The molecule has 1 saturated carbocycles. The summed E-state index contributed by atoms with van der Waals surface area (Å²) >= 11 is 5.59. The Hall–Kier alpha value is -0.970. The number of nitrogens with one attached hydrogen (secondary N) is 1. The van der Waals surface area contributed by atoms with Gasteiger partial charge >= 0.3 is 12.1 Å². The lowest BCUT2D eigenvalue weighted by atomic mass is 9.98. The fraction of sp³-hybridized carbons (Fsp3) is 0.913. The third-order valence-electron chi connectivity index (χ3n) is 5.68. The number of alkyl carbamates (subject to hydrolysis) is 1. The summed E-state index contributed by atoms with van der Waals surface area (Å²) in [7, 11) is 0. The molecule has 0 aromatic heterocycles. The average Bonchev–Trinajstić information content (AvgIpc) is 3.18. The van der Waals surface area contributed by atoms with Crippen molar-refractivity contribution in [2.75, 3.05) is 19.1 Å². The van der Waals surface area contributed by atoms with Crippen LogP contribution in [0.3, 0.4) is 0 Å². The van der Waals surface area contributed by atoms with Crippen molar-refractivity contribution in [2.24, 2.45) is 0 Å². The van der Waals surface area contributed by atoms with Crippen LogP contribution in [0.15, 0.2) is 0 Å². The van der Waals surface area contributed by atoms with E-state index < -0.39 is 11.6 Å². The first-order valence-corrected chi connectivity index (χ1v) is 12.4. The maximum atomic E-state index is 12.6. The van der Waals surface area contributed by atoms with Gasteiger partial charge in [0.2, 0.25) is 0 Å². The van der Waals surface area contributed by atoms with E-state index in [0.29, 0.717) is 31.7 Å². The lowest BCUT2D eigenvalue weighted by Crippen LogP contribution is -2.53. The molecule has 0 saturated heterocycles. The van der Waals surface area contributed by atoms with Crippen LogP contribution in [0.2, 0.25) is 0 Å². The van der Waals surface area contributed by atoms with Gasteiger partial charge in [-0.05, 0) is 25.7 Å². The minimum atomic E-state index is -0.907. The molecule has 1 amide bonds.